The molecule has 2 aliphatic heterocycles. The van der Waals surface area contributed by atoms with Crippen LogP contribution in [0.15, 0.2) is 36.7 Å². The van der Waals surface area contributed by atoms with E-state index in [9.17, 15) is 13.6 Å². The number of carbonyl (C=O) groups excluding carboxylic acids is 1. The van der Waals surface area contributed by atoms with Crippen LogP contribution >= 0.6 is 0 Å². The summed E-state index contributed by atoms with van der Waals surface area (Å²) in [6.07, 6.45) is 6.13. The summed E-state index contributed by atoms with van der Waals surface area (Å²) in [7, 11) is 0. The minimum atomic E-state index is -0.785. The van der Waals surface area contributed by atoms with Crippen LogP contribution < -0.4 is 0 Å². The number of halogens is 2. The first-order valence-corrected chi connectivity index (χ1v) is 9.83. The normalized spacial score (nSPS) is 21.2. The largest absolute Gasteiger partial charge is 0.338 e. The van der Waals surface area contributed by atoms with Gasteiger partial charge in [-0.15, -0.1) is 0 Å². The summed E-state index contributed by atoms with van der Waals surface area (Å²) < 4.78 is 27.3. The average molecular weight is 386 g/mol. The van der Waals surface area contributed by atoms with Crippen LogP contribution in [0, 0.1) is 23.5 Å². The highest BCUT2D eigenvalue weighted by Crippen LogP contribution is 2.33. The topological polar surface area (TPSA) is 49.3 Å². The zero-order chi connectivity index (χ0) is 19.5. The van der Waals surface area contributed by atoms with E-state index in [1.807, 2.05) is 4.90 Å². The van der Waals surface area contributed by atoms with Crippen molar-refractivity contribution < 1.29 is 13.6 Å². The summed E-state index contributed by atoms with van der Waals surface area (Å²) in [4.78, 5) is 16.7. The van der Waals surface area contributed by atoms with Gasteiger partial charge in [-0.1, -0.05) is 12.1 Å². The summed E-state index contributed by atoms with van der Waals surface area (Å²) in [5, 5.41) is 7.51. The summed E-state index contributed by atoms with van der Waals surface area (Å²) in [6, 6.07) is 6.06. The fourth-order valence-electron chi connectivity index (χ4n) is 4.45. The van der Waals surface area contributed by atoms with E-state index in [4.69, 9.17) is 0 Å². The van der Waals surface area contributed by atoms with Gasteiger partial charge in [0.1, 0.15) is 0 Å². The lowest BCUT2D eigenvalue weighted by atomic mass is 9.83. The van der Waals surface area contributed by atoms with Gasteiger partial charge in [-0.3, -0.25) is 9.69 Å². The third kappa shape index (κ3) is 4.04. The quantitative estimate of drug-likeness (QED) is 0.810. The molecule has 0 N–H and O–H groups in total. The molecule has 0 radical (unpaired) electrons. The van der Waals surface area contributed by atoms with Crippen LogP contribution in [0.2, 0.25) is 0 Å². The van der Waals surface area contributed by atoms with Gasteiger partial charge in [0.25, 0.3) is 5.91 Å². The third-order valence-electron chi connectivity index (χ3n) is 6.07. The Morgan fingerprint density at radius 1 is 1.04 bits per heavy atom. The lowest BCUT2D eigenvalue weighted by Gasteiger charge is -2.35. The molecule has 2 fully saturated rings. The molecular weight excluding hydrogens is 362 g/mol. The molecule has 148 valence electrons. The van der Waals surface area contributed by atoms with Gasteiger partial charge in [0.2, 0.25) is 0 Å². The third-order valence-corrected chi connectivity index (χ3v) is 6.07. The van der Waals surface area contributed by atoms with Crippen molar-refractivity contribution in [1.29, 1.82) is 0 Å². The van der Waals surface area contributed by atoms with E-state index in [1.165, 1.54) is 12.4 Å². The highest BCUT2D eigenvalue weighted by atomic mass is 19.2. The fourth-order valence-corrected chi connectivity index (χ4v) is 4.45. The summed E-state index contributed by atoms with van der Waals surface area (Å²) >= 11 is 0. The summed E-state index contributed by atoms with van der Waals surface area (Å²) in [5.41, 5.74) is 1.00. The standard InChI is InChI=1S/C21H24F2N4O/c22-19-3-1-2-18(20(19)23)13-26-9-5-15(6-10-26)17-7-11-27(14-17)21(28)16-4-8-24-25-12-16/h1-4,8,12,15,17H,5-7,9-11,13-14H2/t17-/m0/s1. The van der Waals surface area contributed by atoms with Gasteiger partial charge >= 0.3 is 0 Å². The Bertz CT molecular complexity index is 824. The number of amides is 1. The van der Waals surface area contributed by atoms with Crippen molar-refractivity contribution in [2.45, 2.75) is 25.8 Å². The van der Waals surface area contributed by atoms with E-state index < -0.39 is 11.6 Å². The Hall–Kier alpha value is -2.41. The number of benzene rings is 1. The molecule has 4 rings (SSSR count). The molecule has 0 spiro atoms. The maximum absolute atomic E-state index is 13.9. The molecule has 0 bridgehead atoms. The second kappa shape index (κ2) is 8.31. The molecule has 1 aromatic carbocycles. The van der Waals surface area contributed by atoms with Crippen molar-refractivity contribution in [2.24, 2.45) is 11.8 Å². The van der Waals surface area contributed by atoms with Gasteiger partial charge in [-0.05, 0) is 56.3 Å². The molecule has 5 nitrogen and oxygen atoms in total. The van der Waals surface area contributed by atoms with E-state index in [2.05, 4.69) is 15.1 Å². The van der Waals surface area contributed by atoms with Crippen LogP contribution in [0.25, 0.3) is 0 Å². The zero-order valence-electron chi connectivity index (χ0n) is 15.7. The van der Waals surface area contributed by atoms with Crippen molar-refractivity contribution in [3.8, 4) is 0 Å². The summed E-state index contributed by atoms with van der Waals surface area (Å²) in [5.74, 6) is -0.419. The molecule has 1 atom stereocenters. The van der Waals surface area contributed by atoms with Gasteiger partial charge < -0.3 is 4.90 Å². The Labute approximate surface area is 163 Å². The second-order valence-corrected chi connectivity index (χ2v) is 7.76. The van der Waals surface area contributed by atoms with Crippen LogP contribution in [0.3, 0.4) is 0 Å². The Kier molecular flexibility index (Phi) is 5.62. The number of carbonyl (C=O) groups is 1. The highest BCUT2D eigenvalue weighted by Gasteiger charge is 2.34. The first kappa shape index (κ1) is 18.9. The van der Waals surface area contributed by atoms with Crippen LogP contribution in [0.4, 0.5) is 8.78 Å². The molecule has 0 unspecified atom stereocenters. The molecule has 0 saturated carbocycles. The highest BCUT2D eigenvalue weighted by molar-refractivity contribution is 5.93. The van der Waals surface area contributed by atoms with E-state index in [0.717, 1.165) is 51.5 Å². The van der Waals surface area contributed by atoms with Gasteiger partial charge in [0.05, 0.1) is 18.0 Å². The number of rotatable bonds is 4. The number of nitrogens with zero attached hydrogens (tertiary/aromatic N) is 4. The lowest BCUT2D eigenvalue weighted by molar-refractivity contribution is 0.0772. The van der Waals surface area contributed by atoms with Gasteiger partial charge in [-0.2, -0.15) is 10.2 Å². The van der Waals surface area contributed by atoms with Crippen molar-refractivity contribution >= 4 is 5.91 Å². The molecule has 2 aliphatic rings. The average Bonchev–Trinajstić information content (AvgIpc) is 3.22. The van der Waals surface area contributed by atoms with Crippen LogP contribution in [0.1, 0.15) is 35.2 Å². The smallest absolute Gasteiger partial charge is 0.255 e. The number of hydrogen-bond donors (Lipinski definition) is 0. The van der Waals surface area contributed by atoms with Gasteiger partial charge in [0, 0.05) is 25.2 Å². The Morgan fingerprint density at radius 3 is 2.57 bits per heavy atom. The molecule has 1 amide bonds. The second-order valence-electron chi connectivity index (χ2n) is 7.76. The lowest BCUT2D eigenvalue weighted by Crippen LogP contribution is -2.37. The molecule has 2 aromatic rings. The molecule has 3 heterocycles. The van der Waals surface area contributed by atoms with Crippen molar-refractivity contribution in [3.63, 3.8) is 0 Å². The van der Waals surface area contributed by atoms with Crippen LogP contribution in [0.5, 0.6) is 0 Å². The van der Waals surface area contributed by atoms with Gasteiger partial charge in [0.15, 0.2) is 11.6 Å². The number of piperidine rings is 1. The Morgan fingerprint density at radius 2 is 1.82 bits per heavy atom. The predicted octanol–water partition coefficient (Wildman–Crippen LogP) is 3.13. The number of aromatic nitrogens is 2. The molecule has 2 saturated heterocycles. The first-order valence-electron chi connectivity index (χ1n) is 9.83. The molecule has 7 heteroatoms. The maximum atomic E-state index is 13.9. The minimum absolute atomic E-state index is 0.0245. The molecule has 1 aromatic heterocycles. The Balaban J connectivity index is 1.29. The van der Waals surface area contributed by atoms with Crippen LogP contribution in [-0.4, -0.2) is 52.1 Å². The van der Waals surface area contributed by atoms with Crippen molar-refractivity contribution in [3.05, 3.63) is 59.4 Å². The first-order chi connectivity index (χ1) is 13.6. The van der Waals surface area contributed by atoms with Crippen molar-refractivity contribution in [1.82, 2.24) is 20.0 Å². The number of likely N-dealkylation sites (tertiary alicyclic amines) is 2. The monoisotopic (exact) mass is 386 g/mol. The fraction of sp³-hybridized carbons (Fsp3) is 0.476. The number of hydrogen-bond acceptors (Lipinski definition) is 4. The summed E-state index contributed by atoms with van der Waals surface area (Å²) in [6.45, 7) is 3.75. The van der Waals surface area contributed by atoms with E-state index >= 15 is 0 Å². The maximum Gasteiger partial charge on any atom is 0.255 e. The zero-order valence-corrected chi connectivity index (χ0v) is 15.7. The molecule has 0 aliphatic carbocycles. The molecular formula is C21H24F2N4O. The molecule has 28 heavy (non-hydrogen) atoms. The van der Waals surface area contributed by atoms with Crippen molar-refractivity contribution in [2.75, 3.05) is 26.2 Å². The van der Waals surface area contributed by atoms with E-state index in [0.29, 0.717) is 29.5 Å². The SMILES string of the molecule is O=C(c1ccnnc1)N1CC[C@H](C2CCN(Cc3cccc(F)c3F)CC2)C1. The van der Waals surface area contributed by atoms with Gasteiger partial charge in [-0.25, -0.2) is 8.78 Å². The van der Waals surface area contributed by atoms with E-state index in [1.54, 1.807) is 18.2 Å². The predicted molar refractivity (Wildman–Crippen MR) is 100 cm³/mol. The van der Waals surface area contributed by atoms with E-state index in [-0.39, 0.29) is 5.91 Å². The minimum Gasteiger partial charge on any atom is -0.338 e. The van der Waals surface area contributed by atoms with Crippen LogP contribution in [-0.2, 0) is 6.54 Å².